The molecule has 0 radical (unpaired) electrons. The minimum absolute atomic E-state index is 0.0138. The number of rotatable bonds is 4. The fraction of sp³-hybridized carbons (Fsp3) is 0.931. The Bertz CT molecular complexity index is 705. The molecule has 0 saturated heterocycles. The molecule has 0 bridgehead atoms. The Hall–Kier alpha value is -0.300. The molecule has 4 fully saturated rings. The zero-order chi connectivity index (χ0) is 21.4. The van der Waals surface area contributed by atoms with Gasteiger partial charge >= 0.3 is 0 Å². The van der Waals surface area contributed by atoms with Gasteiger partial charge in [-0.15, -0.1) is 0 Å². The van der Waals surface area contributed by atoms with Gasteiger partial charge in [0, 0.05) is 0 Å². The summed E-state index contributed by atoms with van der Waals surface area (Å²) in [6.45, 7) is 15.2. The molecule has 1 heteroatoms. The topological polar surface area (TPSA) is 20.2 Å². The van der Waals surface area contributed by atoms with E-state index in [2.05, 4.69) is 41.5 Å². The number of hydrogen-bond acceptors (Lipinski definition) is 1. The summed E-state index contributed by atoms with van der Waals surface area (Å²) in [6.07, 6.45) is 13.6. The largest absolute Gasteiger partial charge is 0.393 e. The molecule has 10 atom stereocenters. The van der Waals surface area contributed by atoms with Crippen LogP contribution in [-0.4, -0.2) is 11.2 Å². The molecule has 0 aromatic heterocycles. The summed E-state index contributed by atoms with van der Waals surface area (Å²) in [5.74, 6) is 7.05. The van der Waals surface area contributed by atoms with E-state index in [1.54, 1.807) is 5.57 Å². The van der Waals surface area contributed by atoms with E-state index in [0.29, 0.717) is 10.8 Å². The summed E-state index contributed by atoms with van der Waals surface area (Å²) in [5.41, 5.74) is 4.73. The van der Waals surface area contributed by atoms with Crippen molar-refractivity contribution >= 4 is 0 Å². The predicted molar refractivity (Wildman–Crippen MR) is 126 cm³/mol. The highest BCUT2D eigenvalue weighted by Crippen LogP contribution is 2.68. The SMILES string of the molecule is CC(C)C1=C(C[C@@H](C)[C@H]2CC[C@H]3[C@@H]4CC[C@@H]5C[C@@H](O)CC[C@]5(C)[C@H]4CC[C@]23C)[C@H]1C. The van der Waals surface area contributed by atoms with E-state index in [0.717, 1.165) is 60.2 Å². The second-order valence-electron chi connectivity index (χ2n) is 13.4. The summed E-state index contributed by atoms with van der Waals surface area (Å²) in [7, 11) is 0. The van der Waals surface area contributed by atoms with Gasteiger partial charge in [-0.1, -0.05) is 52.7 Å². The first-order valence-electron chi connectivity index (χ1n) is 13.6. The van der Waals surface area contributed by atoms with Crippen LogP contribution < -0.4 is 0 Å². The van der Waals surface area contributed by atoms with Gasteiger partial charge in [0.1, 0.15) is 0 Å². The highest BCUT2D eigenvalue weighted by molar-refractivity contribution is 5.41. The minimum atomic E-state index is -0.0138. The Morgan fingerprint density at radius 3 is 2.30 bits per heavy atom. The Balaban J connectivity index is 1.32. The molecule has 0 aromatic rings. The van der Waals surface area contributed by atoms with E-state index in [9.17, 15) is 5.11 Å². The molecular weight excluding hydrogens is 364 g/mol. The molecule has 5 rings (SSSR count). The van der Waals surface area contributed by atoms with Gasteiger partial charge in [0.15, 0.2) is 0 Å². The third kappa shape index (κ3) is 3.11. The van der Waals surface area contributed by atoms with Crippen molar-refractivity contribution in [2.24, 2.45) is 58.2 Å². The summed E-state index contributed by atoms with van der Waals surface area (Å²) >= 11 is 0. The van der Waals surface area contributed by atoms with Crippen molar-refractivity contribution in [2.45, 2.75) is 112 Å². The Morgan fingerprint density at radius 2 is 1.60 bits per heavy atom. The van der Waals surface area contributed by atoms with Crippen molar-refractivity contribution in [2.75, 3.05) is 0 Å². The van der Waals surface area contributed by atoms with Crippen molar-refractivity contribution in [1.82, 2.24) is 0 Å². The van der Waals surface area contributed by atoms with Gasteiger partial charge < -0.3 is 5.11 Å². The van der Waals surface area contributed by atoms with Crippen molar-refractivity contribution in [3.8, 4) is 0 Å². The summed E-state index contributed by atoms with van der Waals surface area (Å²) in [6, 6.07) is 0. The molecule has 170 valence electrons. The normalized spacial score (nSPS) is 51.4. The van der Waals surface area contributed by atoms with Crippen LogP contribution in [0.1, 0.15) is 106 Å². The maximum absolute atomic E-state index is 10.3. The Morgan fingerprint density at radius 1 is 0.900 bits per heavy atom. The van der Waals surface area contributed by atoms with E-state index in [1.165, 1.54) is 51.4 Å². The van der Waals surface area contributed by atoms with Crippen LogP contribution in [0.5, 0.6) is 0 Å². The van der Waals surface area contributed by atoms with Crippen LogP contribution in [0, 0.1) is 58.2 Å². The van der Waals surface area contributed by atoms with E-state index in [4.69, 9.17) is 0 Å². The molecule has 0 heterocycles. The van der Waals surface area contributed by atoms with Crippen LogP contribution in [0.2, 0.25) is 0 Å². The Kier molecular flexibility index (Phi) is 5.28. The quantitative estimate of drug-likeness (QED) is 0.470. The maximum atomic E-state index is 10.3. The monoisotopic (exact) mass is 412 g/mol. The molecule has 1 N–H and O–H groups in total. The summed E-state index contributed by atoms with van der Waals surface area (Å²) < 4.78 is 0. The minimum Gasteiger partial charge on any atom is -0.393 e. The van der Waals surface area contributed by atoms with Crippen LogP contribution in [0.4, 0.5) is 0 Å². The molecule has 0 amide bonds. The zero-order valence-electron chi connectivity index (χ0n) is 20.7. The molecule has 0 aliphatic heterocycles. The van der Waals surface area contributed by atoms with E-state index < -0.39 is 0 Å². The number of hydrogen-bond donors (Lipinski definition) is 1. The van der Waals surface area contributed by atoms with Crippen molar-refractivity contribution < 1.29 is 5.11 Å². The van der Waals surface area contributed by atoms with Gasteiger partial charge in [-0.3, -0.25) is 0 Å². The second-order valence-corrected chi connectivity index (χ2v) is 13.4. The third-order valence-corrected chi connectivity index (χ3v) is 11.8. The van der Waals surface area contributed by atoms with Crippen molar-refractivity contribution in [3.63, 3.8) is 0 Å². The highest BCUT2D eigenvalue weighted by atomic mass is 16.3. The zero-order valence-corrected chi connectivity index (χ0v) is 20.7. The number of fused-ring (bicyclic) bond motifs is 5. The average molecular weight is 413 g/mol. The van der Waals surface area contributed by atoms with E-state index in [1.807, 2.05) is 5.57 Å². The molecule has 30 heavy (non-hydrogen) atoms. The fourth-order valence-corrected chi connectivity index (χ4v) is 10.3. The van der Waals surface area contributed by atoms with Crippen LogP contribution in [0.25, 0.3) is 0 Å². The molecule has 5 aliphatic carbocycles. The average Bonchev–Trinajstić information content (AvgIpc) is 3.17. The molecule has 0 spiro atoms. The van der Waals surface area contributed by atoms with Crippen molar-refractivity contribution in [1.29, 1.82) is 0 Å². The third-order valence-electron chi connectivity index (χ3n) is 11.8. The lowest BCUT2D eigenvalue weighted by atomic mass is 9.44. The lowest BCUT2D eigenvalue weighted by Crippen LogP contribution is -2.54. The Labute approximate surface area is 186 Å². The second kappa shape index (κ2) is 7.36. The van der Waals surface area contributed by atoms with Crippen LogP contribution in [-0.2, 0) is 0 Å². The van der Waals surface area contributed by atoms with E-state index >= 15 is 0 Å². The first-order valence-corrected chi connectivity index (χ1v) is 13.6. The fourth-order valence-electron chi connectivity index (χ4n) is 10.3. The first kappa shape index (κ1) is 21.5. The molecule has 1 nitrogen and oxygen atoms in total. The van der Waals surface area contributed by atoms with Gasteiger partial charge in [-0.25, -0.2) is 0 Å². The van der Waals surface area contributed by atoms with Gasteiger partial charge in [0.05, 0.1) is 6.10 Å². The molecule has 0 unspecified atom stereocenters. The molecule has 4 saturated carbocycles. The highest BCUT2D eigenvalue weighted by Gasteiger charge is 2.60. The predicted octanol–water partition coefficient (Wildman–Crippen LogP) is 7.63. The van der Waals surface area contributed by atoms with Crippen molar-refractivity contribution in [3.05, 3.63) is 11.1 Å². The standard InChI is InChI=1S/C29H48O/c1-17(2)27-19(4)23(27)15-18(3)24-9-10-25-22-8-7-20-16-21(30)11-13-28(20,5)26(22)12-14-29(24,25)6/h17-22,24-26,30H,7-16H2,1-6H3/t18-,19-,20-,21+,22+,24-,25+,26+,28+,29-/m1/s1. The van der Waals surface area contributed by atoms with Crippen LogP contribution in [0.3, 0.4) is 0 Å². The lowest BCUT2D eigenvalue weighted by Gasteiger charge is -2.61. The number of aliphatic hydroxyl groups excluding tert-OH is 1. The summed E-state index contributed by atoms with van der Waals surface area (Å²) in [4.78, 5) is 0. The smallest absolute Gasteiger partial charge is 0.0543 e. The van der Waals surface area contributed by atoms with Gasteiger partial charge in [0.2, 0.25) is 0 Å². The van der Waals surface area contributed by atoms with Gasteiger partial charge in [0.25, 0.3) is 0 Å². The lowest BCUT2D eigenvalue weighted by molar-refractivity contribution is -0.129. The van der Waals surface area contributed by atoms with Gasteiger partial charge in [-0.05, 0) is 122 Å². The van der Waals surface area contributed by atoms with Gasteiger partial charge in [-0.2, -0.15) is 0 Å². The first-order chi connectivity index (χ1) is 14.2. The van der Waals surface area contributed by atoms with Crippen LogP contribution >= 0.6 is 0 Å². The van der Waals surface area contributed by atoms with Crippen LogP contribution in [0.15, 0.2) is 11.1 Å². The molecular formula is C29H48O. The van der Waals surface area contributed by atoms with E-state index in [-0.39, 0.29) is 6.10 Å². The maximum Gasteiger partial charge on any atom is 0.0543 e. The summed E-state index contributed by atoms with van der Waals surface area (Å²) in [5, 5.41) is 10.3. The molecule has 0 aromatic carbocycles. The number of allylic oxidation sites excluding steroid dienone is 2. The number of aliphatic hydroxyl groups is 1. The molecule has 5 aliphatic rings.